The summed E-state index contributed by atoms with van der Waals surface area (Å²) in [5.41, 5.74) is 1.22. The van der Waals surface area contributed by atoms with Crippen molar-refractivity contribution < 1.29 is 4.74 Å². The van der Waals surface area contributed by atoms with Gasteiger partial charge in [0.05, 0.1) is 12.8 Å². The summed E-state index contributed by atoms with van der Waals surface area (Å²) in [6, 6.07) is 8.30. The van der Waals surface area contributed by atoms with E-state index in [0.29, 0.717) is 0 Å². The van der Waals surface area contributed by atoms with E-state index >= 15 is 0 Å². The Morgan fingerprint density at radius 1 is 1.10 bits per heavy atom. The normalized spacial score (nSPS) is 16.4. The van der Waals surface area contributed by atoms with Gasteiger partial charge in [0.2, 0.25) is 0 Å². The predicted octanol–water partition coefficient (Wildman–Crippen LogP) is 1.82. The minimum absolute atomic E-state index is 0.977. The van der Waals surface area contributed by atoms with E-state index in [1.165, 1.54) is 12.1 Å². The molecule has 0 atom stereocenters. The summed E-state index contributed by atoms with van der Waals surface area (Å²) in [4.78, 5) is 4.96. The van der Waals surface area contributed by atoms with Gasteiger partial charge in [-0.15, -0.1) is 0 Å². The van der Waals surface area contributed by atoms with E-state index in [-0.39, 0.29) is 0 Å². The molecule has 2 rings (SSSR count). The molecular weight excluding hydrogens is 250 g/mol. The zero-order chi connectivity index (χ0) is 14.2. The first-order valence-corrected chi connectivity index (χ1v) is 7.66. The summed E-state index contributed by atoms with van der Waals surface area (Å²) in [7, 11) is 1.74. The van der Waals surface area contributed by atoms with Crippen LogP contribution < -0.4 is 15.0 Å². The quantitative estimate of drug-likeness (QED) is 0.769. The van der Waals surface area contributed by atoms with Crippen LogP contribution >= 0.6 is 0 Å². The maximum Gasteiger partial charge on any atom is 0.142 e. The number of piperazine rings is 1. The van der Waals surface area contributed by atoms with Gasteiger partial charge in [-0.05, 0) is 25.1 Å². The van der Waals surface area contributed by atoms with Crippen LogP contribution in [0.2, 0.25) is 0 Å². The topological polar surface area (TPSA) is 27.7 Å². The Morgan fingerprint density at radius 3 is 2.55 bits per heavy atom. The minimum atomic E-state index is 0.977. The van der Waals surface area contributed by atoms with Gasteiger partial charge in [-0.25, -0.2) is 0 Å². The maximum absolute atomic E-state index is 5.45. The molecule has 1 aromatic rings. The highest BCUT2D eigenvalue weighted by Crippen LogP contribution is 2.28. The Balaban J connectivity index is 1.79. The van der Waals surface area contributed by atoms with Crippen LogP contribution in [0.3, 0.4) is 0 Å². The lowest BCUT2D eigenvalue weighted by Crippen LogP contribution is -2.48. The molecule has 0 aromatic heterocycles. The third kappa shape index (κ3) is 4.12. The van der Waals surface area contributed by atoms with Crippen molar-refractivity contribution in [2.75, 3.05) is 57.8 Å². The van der Waals surface area contributed by atoms with E-state index in [1.807, 2.05) is 12.1 Å². The zero-order valence-electron chi connectivity index (χ0n) is 12.8. The average molecular weight is 277 g/mol. The summed E-state index contributed by atoms with van der Waals surface area (Å²) in [5.74, 6) is 0.977. The first-order valence-electron chi connectivity index (χ1n) is 7.66. The molecule has 0 saturated carbocycles. The summed E-state index contributed by atoms with van der Waals surface area (Å²) >= 11 is 0. The van der Waals surface area contributed by atoms with Crippen LogP contribution in [0.1, 0.15) is 13.3 Å². The second-order valence-electron chi connectivity index (χ2n) is 5.25. The zero-order valence-corrected chi connectivity index (χ0v) is 12.8. The van der Waals surface area contributed by atoms with Crippen molar-refractivity contribution in [1.29, 1.82) is 0 Å². The molecule has 0 amide bonds. The number of benzene rings is 1. The Hall–Kier alpha value is -1.26. The summed E-state index contributed by atoms with van der Waals surface area (Å²) < 4.78 is 5.45. The molecule has 1 aliphatic heterocycles. The molecule has 0 unspecified atom stereocenters. The van der Waals surface area contributed by atoms with Gasteiger partial charge >= 0.3 is 0 Å². The van der Waals surface area contributed by atoms with Crippen molar-refractivity contribution in [3.8, 4) is 5.75 Å². The molecule has 1 aliphatic rings. The van der Waals surface area contributed by atoms with Crippen LogP contribution in [-0.4, -0.2) is 57.8 Å². The lowest BCUT2D eigenvalue weighted by Gasteiger charge is -2.36. The molecule has 0 spiro atoms. The number of hydrogen-bond acceptors (Lipinski definition) is 4. The van der Waals surface area contributed by atoms with Crippen molar-refractivity contribution >= 4 is 5.69 Å². The molecule has 112 valence electrons. The lowest BCUT2D eigenvalue weighted by atomic mass is 10.2. The Labute approximate surface area is 122 Å². The first-order chi connectivity index (χ1) is 9.85. The fourth-order valence-corrected chi connectivity index (χ4v) is 2.64. The van der Waals surface area contributed by atoms with Crippen LogP contribution in [-0.2, 0) is 0 Å². The van der Waals surface area contributed by atoms with Crippen molar-refractivity contribution in [1.82, 2.24) is 10.2 Å². The fraction of sp³-hybridized carbons (Fsp3) is 0.625. The molecular formula is C16H27N3O. The first kappa shape index (κ1) is 15.1. The van der Waals surface area contributed by atoms with Gasteiger partial charge in [0, 0.05) is 39.3 Å². The van der Waals surface area contributed by atoms with Gasteiger partial charge < -0.3 is 15.0 Å². The van der Waals surface area contributed by atoms with Crippen LogP contribution in [0.25, 0.3) is 0 Å². The number of anilines is 1. The van der Waals surface area contributed by atoms with Gasteiger partial charge in [0.15, 0.2) is 0 Å². The predicted molar refractivity (Wildman–Crippen MR) is 84.8 cm³/mol. The number of rotatable bonds is 7. The maximum atomic E-state index is 5.45. The number of para-hydroxylation sites is 2. The van der Waals surface area contributed by atoms with Crippen LogP contribution in [0.4, 0.5) is 5.69 Å². The molecule has 20 heavy (non-hydrogen) atoms. The monoisotopic (exact) mass is 277 g/mol. The second kappa shape index (κ2) is 8.12. The Morgan fingerprint density at radius 2 is 1.85 bits per heavy atom. The summed E-state index contributed by atoms with van der Waals surface area (Å²) in [6.45, 7) is 10.0. The van der Waals surface area contributed by atoms with Gasteiger partial charge in [-0.1, -0.05) is 19.1 Å². The number of methoxy groups -OCH3 is 1. The molecule has 1 aromatic carbocycles. The molecule has 0 aliphatic carbocycles. The van der Waals surface area contributed by atoms with E-state index in [4.69, 9.17) is 4.74 Å². The third-order valence-electron chi connectivity index (χ3n) is 3.83. The largest absolute Gasteiger partial charge is 0.495 e. The highest BCUT2D eigenvalue weighted by Gasteiger charge is 2.18. The minimum Gasteiger partial charge on any atom is -0.495 e. The van der Waals surface area contributed by atoms with Crippen molar-refractivity contribution in [3.05, 3.63) is 24.3 Å². The smallest absolute Gasteiger partial charge is 0.142 e. The number of hydrogen-bond donors (Lipinski definition) is 1. The van der Waals surface area contributed by atoms with E-state index in [1.54, 1.807) is 7.11 Å². The molecule has 0 radical (unpaired) electrons. The fourth-order valence-electron chi connectivity index (χ4n) is 2.64. The molecule has 4 nitrogen and oxygen atoms in total. The summed E-state index contributed by atoms with van der Waals surface area (Å²) in [6.07, 6.45) is 1.21. The van der Waals surface area contributed by atoms with Crippen LogP contribution in [0.5, 0.6) is 5.75 Å². The summed E-state index contributed by atoms with van der Waals surface area (Å²) in [5, 5.41) is 3.47. The van der Waals surface area contributed by atoms with E-state index in [0.717, 1.165) is 51.6 Å². The van der Waals surface area contributed by atoms with Crippen LogP contribution in [0, 0.1) is 0 Å². The van der Waals surface area contributed by atoms with E-state index < -0.39 is 0 Å². The molecule has 1 saturated heterocycles. The van der Waals surface area contributed by atoms with Gasteiger partial charge in [0.25, 0.3) is 0 Å². The van der Waals surface area contributed by atoms with E-state index in [9.17, 15) is 0 Å². The highest BCUT2D eigenvalue weighted by molar-refractivity contribution is 5.58. The second-order valence-corrected chi connectivity index (χ2v) is 5.25. The van der Waals surface area contributed by atoms with Crippen LogP contribution in [0.15, 0.2) is 24.3 Å². The molecule has 1 N–H and O–H groups in total. The molecule has 0 bridgehead atoms. The van der Waals surface area contributed by atoms with Crippen molar-refractivity contribution in [2.45, 2.75) is 13.3 Å². The van der Waals surface area contributed by atoms with Gasteiger partial charge in [-0.2, -0.15) is 0 Å². The van der Waals surface area contributed by atoms with Crippen molar-refractivity contribution in [2.24, 2.45) is 0 Å². The highest BCUT2D eigenvalue weighted by atomic mass is 16.5. The molecule has 1 fully saturated rings. The Kier molecular flexibility index (Phi) is 6.15. The lowest BCUT2D eigenvalue weighted by molar-refractivity contribution is 0.257. The van der Waals surface area contributed by atoms with Gasteiger partial charge in [-0.3, -0.25) is 4.90 Å². The SMILES string of the molecule is CCCNCCN1CCN(c2ccccc2OC)CC1. The molecule has 1 heterocycles. The number of ether oxygens (including phenoxy) is 1. The van der Waals surface area contributed by atoms with Gasteiger partial charge in [0.1, 0.15) is 5.75 Å². The average Bonchev–Trinajstić information content (AvgIpc) is 2.52. The third-order valence-corrected chi connectivity index (χ3v) is 3.83. The van der Waals surface area contributed by atoms with E-state index in [2.05, 4.69) is 34.2 Å². The molecule has 4 heteroatoms. The van der Waals surface area contributed by atoms with Crippen molar-refractivity contribution in [3.63, 3.8) is 0 Å². The number of nitrogens with one attached hydrogen (secondary N) is 1. The Bertz CT molecular complexity index is 389. The number of nitrogens with zero attached hydrogens (tertiary/aromatic N) is 2. The standard InChI is InChI=1S/C16H27N3O/c1-3-8-17-9-10-18-11-13-19(14-12-18)15-6-4-5-7-16(15)20-2/h4-7,17H,3,8-14H2,1-2H3.